The van der Waals surface area contributed by atoms with Gasteiger partial charge >= 0.3 is 5.97 Å². The summed E-state index contributed by atoms with van der Waals surface area (Å²) < 4.78 is 9.76. The van der Waals surface area contributed by atoms with Crippen LogP contribution >= 0.6 is 0 Å². The molecule has 16 heavy (non-hydrogen) atoms. The minimum absolute atomic E-state index is 0.232. The Balaban J connectivity index is 2.61. The summed E-state index contributed by atoms with van der Waals surface area (Å²) in [5.41, 5.74) is 0.833. The summed E-state index contributed by atoms with van der Waals surface area (Å²) >= 11 is 0. The van der Waals surface area contributed by atoms with Crippen molar-refractivity contribution in [2.24, 2.45) is 0 Å². The number of hydrogen-bond acceptors (Lipinski definition) is 4. The van der Waals surface area contributed by atoms with E-state index >= 15 is 0 Å². The Bertz CT molecular complexity index is 349. The summed E-state index contributed by atoms with van der Waals surface area (Å²) in [6.45, 7) is 1.98. The minimum atomic E-state index is -1.12. The molecule has 0 saturated heterocycles. The highest BCUT2D eigenvalue weighted by Gasteiger charge is 2.16. The van der Waals surface area contributed by atoms with E-state index < -0.39 is 12.1 Å². The predicted octanol–water partition coefficient (Wildman–Crippen LogP) is 1.16. The van der Waals surface area contributed by atoms with Crippen molar-refractivity contribution in [1.82, 2.24) is 0 Å². The topological polar surface area (TPSA) is 55.8 Å². The molecule has 0 saturated carbocycles. The van der Waals surface area contributed by atoms with E-state index in [1.807, 2.05) is 12.1 Å². The molecule has 1 aromatic rings. The van der Waals surface area contributed by atoms with E-state index in [9.17, 15) is 9.90 Å². The van der Waals surface area contributed by atoms with Crippen LogP contribution < -0.4 is 4.74 Å². The molecule has 4 heteroatoms. The molecule has 0 aliphatic carbocycles. The Hall–Kier alpha value is -1.55. The van der Waals surface area contributed by atoms with Gasteiger partial charge in [-0.15, -0.1) is 0 Å². The maximum atomic E-state index is 11.2. The van der Waals surface area contributed by atoms with Gasteiger partial charge < -0.3 is 14.6 Å². The minimum Gasteiger partial charge on any atom is -0.497 e. The maximum absolute atomic E-state index is 11.2. The number of benzene rings is 1. The number of aliphatic hydroxyl groups excluding tert-OH is 1. The van der Waals surface area contributed by atoms with Gasteiger partial charge in [-0.2, -0.15) is 0 Å². The van der Waals surface area contributed by atoms with E-state index in [0.29, 0.717) is 5.75 Å². The first kappa shape index (κ1) is 12.5. The normalized spacial score (nSPS) is 11.9. The smallest absolute Gasteiger partial charge is 0.335 e. The third kappa shape index (κ3) is 3.55. The van der Waals surface area contributed by atoms with Crippen LogP contribution in [-0.4, -0.2) is 30.9 Å². The largest absolute Gasteiger partial charge is 0.497 e. The Morgan fingerprint density at radius 2 is 2.25 bits per heavy atom. The van der Waals surface area contributed by atoms with E-state index in [1.165, 1.54) is 0 Å². The molecule has 0 fully saturated rings. The molecule has 0 aliphatic heterocycles. The number of hydrogen-bond donors (Lipinski definition) is 1. The Morgan fingerprint density at radius 3 is 2.88 bits per heavy atom. The van der Waals surface area contributed by atoms with Crippen LogP contribution in [0.15, 0.2) is 24.3 Å². The third-order valence-corrected chi connectivity index (χ3v) is 2.12. The van der Waals surface area contributed by atoms with E-state index in [2.05, 4.69) is 0 Å². The molecule has 88 valence electrons. The van der Waals surface area contributed by atoms with Gasteiger partial charge in [-0.05, 0) is 24.6 Å². The molecule has 1 N–H and O–H groups in total. The summed E-state index contributed by atoms with van der Waals surface area (Å²) in [6, 6.07) is 7.22. The van der Waals surface area contributed by atoms with E-state index in [4.69, 9.17) is 9.47 Å². The summed E-state index contributed by atoms with van der Waals surface area (Å²) in [5, 5.41) is 9.55. The first-order valence-corrected chi connectivity index (χ1v) is 5.15. The highest BCUT2D eigenvalue weighted by molar-refractivity contribution is 5.74. The fourth-order valence-electron chi connectivity index (χ4n) is 1.34. The van der Waals surface area contributed by atoms with Crippen molar-refractivity contribution in [2.45, 2.75) is 19.4 Å². The van der Waals surface area contributed by atoms with Crippen molar-refractivity contribution in [3.05, 3.63) is 29.8 Å². The molecule has 0 heterocycles. The lowest BCUT2D eigenvalue weighted by Gasteiger charge is -2.10. The van der Waals surface area contributed by atoms with Crippen LogP contribution in [-0.2, 0) is 16.0 Å². The zero-order chi connectivity index (χ0) is 12.0. The SMILES string of the molecule is CCOC(=O)[C@H](O)Cc1cccc(OC)c1. The lowest BCUT2D eigenvalue weighted by Crippen LogP contribution is -2.25. The number of carbonyl (C=O) groups excluding carboxylic acids is 1. The molecule has 4 nitrogen and oxygen atoms in total. The van der Waals surface area contributed by atoms with Crippen LogP contribution in [0.3, 0.4) is 0 Å². The molecule has 0 aromatic heterocycles. The second kappa shape index (κ2) is 6.12. The fraction of sp³-hybridized carbons (Fsp3) is 0.417. The number of esters is 1. The van der Waals surface area contributed by atoms with Gasteiger partial charge in [-0.3, -0.25) is 0 Å². The first-order valence-electron chi connectivity index (χ1n) is 5.15. The average Bonchev–Trinajstić information content (AvgIpc) is 2.29. The molecule has 1 rings (SSSR count). The van der Waals surface area contributed by atoms with Crippen LogP contribution in [0.4, 0.5) is 0 Å². The summed E-state index contributed by atoms with van der Waals surface area (Å²) in [4.78, 5) is 11.2. The average molecular weight is 224 g/mol. The van der Waals surface area contributed by atoms with Gasteiger partial charge in [0.25, 0.3) is 0 Å². The lowest BCUT2D eigenvalue weighted by molar-refractivity contribution is -0.152. The summed E-state index contributed by atoms with van der Waals surface area (Å²) in [7, 11) is 1.57. The van der Waals surface area contributed by atoms with Crippen LogP contribution in [0.2, 0.25) is 0 Å². The zero-order valence-corrected chi connectivity index (χ0v) is 9.47. The Labute approximate surface area is 94.8 Å². The number of rotatable bonds is 5. The quantitative estimate of drug-likeness (QED) is 0.762. The molecule has 0 unspecified atom stereocenters. The molecular weight excluding hydrogens is 208 g/mol. The summed E-state index contributed by atoms with van der Waals surface area (Å²) in [6.07, 6.45) is -0.886. The monoisotopic (exact) mass is 224 g/mol. The first-order chi connectivity index (χ1) is 7.67. The predicted molar refractivity (Wildman–Crippen MR) is 59.3 cm³/mol. The Morgan fingerprint density at radius 1 is 1.50 bits per heavy atom. The zero-order valence-electron chi connectivity index (χ0n) is 9.47. The van der Waals surface area contributed by atoms with Gasteiger partial charge in [0.2, 0.25) is 0 Å². The third-order valence-electron chi connectivity index (χ3n) is 2.12. The van der Waals surface area contributed by atoms with Crippen molar-refractivity contribution in [3.63, 3.8) is 0 Å². The highest BCUT2D eigenvalue weighted by atomic mass is 16.5. The van der Waals surface area contributed by atoms with Crippen molar-refractivity contribution in [2.75, 3.05) is 13.7 Å². The second-order valence-corrected chi connectivity index (χ2v) is 3.32. The van der Waals surface area contributed by atoms with Crippen LogP contribution in [0.1, 0.15) is 12.5 Å². The molecule has 0 bridgehead atoms. The molecule has 1 atom stereocenters. The van der Waals surface area contributed by atoms with Crippen molar-refractivity contribution in [1.29, 1.82) is 0 Å². The molecule has 0 amide bonds. The van der Waals surface area contributed by atoms with E-state index in [1.54, 1.807) is 26.2 Å². The van der Waals surface area contributed by atoms with Gasteiger partial charge in [0, 0.05) is 6.42 Å². The van der Waals surface area contributed by atoms with Gasteiger partial charge in [0.15, 0.2) is 6.10 Å². The number of ether oxygens (including phenoxy) is 2. The molecular formula is C12H16O4. The van der Waals surface area contributed by atoms with Crippen molar-refractivity contribution in [3.8, 4) is 5.75 Å². The van der Waals surface area contributed by atoms with Gasteiger partial charge in [-0.1, -0.05) is 12.1 Å². The molecule has 1 aromatic carbocycles. The van der Waals surface area contributed by atoms with E-state index in [0.717, 1.165) is 5.56 Å². The van der Waals surface area contributed by atoms with Crippen LogP contribution in [0.25, 0.3) is 0 Å². The number of aliphatic hydroxyl groups is 1. The number of methoxy groups -OCH3 is 1. The second-order valence-electron chi connectivity index (χ2n) is 3.32. The lowest BCUT2D eigenvalue weighted by atomic mass is 10.1. The summed E-state index contributed by atoms with van der Waals surface area (Å²) in [5.74, 6) is 0.110. The van der Waals surface area contributed by atoms with Crippen molar-refractivity contribution < 1.29 is 19.4 Å². The van der Waals surface area contributed by atoms with E-state index in [-0.39, 0.29) is 13.0 Å². The highest BCUT2D eigenvalue weighted by Crippen LogP contribution is 2.14. The van der Waals surface area contributed by atoms with Crippen LogP contribution in [0, 0.1) is 0 Å². The standard InChI is InChI=1S/C12H16O4/c1-3-16-12(14)11(13)8-9-5-4-6-10(7-9)15-2/h4-7,11,13H,3,8H2,1-2H3/t11-/m1/s1. The Kier molecular flexibility index (Phi) is 4.79. The van der Waals surface area contributed by atoms with Gasteiger partial charge in [-0.25, -0.2) is 4.79 Å². The fourth-order valence-corrected chi connectivity index (χ4v) is 1.34. The van der Waals surface area contributed by atoms with Gasteiger partial charge in [0.05, 0.1) is 13.7 Å². The molecule has 0 aliphatic rings. The van der Waals surface area contributed by atoms with Crippen LogP contribution in [0.5, 0.6) is 5.75 Å². The number of carbonyl (C=O) groups is 1. The van der Waals surface area contributed by atoms with Gasteiger partial charge in [0.1, 0.15) is 5.75 Å². The van der Waals surface area contributed by atoms with Crippen molar-refractivity contribution >= 4 is 5.97 Å². The maximum Gasteiger partial charge on any atom is 0.335 e. The molecule has 0 spiro atoms. The molecule has 0 radical (unpaired) electrons.